The summed E-state index contributed by atoms with van der Waals surface area (Å²) in [6.45, 7) is 7.02. The van der Waals surface area contributed by atoms with Gasteiger partial charge in [-0.05, 0) is 37.8 Å². The number of nitrogens with zero attached hydrogens (tertiary/aromatic N) is 1. The Bertz CT molecular complexity index is 485. The Hall–Kier alpha value is -1.39. The van der Waals surface area contributed by atoms with Crippen molar-refractivity contribution in [2.45, 2.75) is 51.7 Å². The first-order valence-corrected chi connectivity index (χ1v) is 8.82. The molecule has 1 unspecified atom stereocenters. The number of aliphatic hydroxyl groups is 1. The minimum absolute atomic E-state index is 0.0328. The van der Waals surface area contributed by atoms with E-state index < -0.39 is 5.60 Å². The molecule has 128 valence electrons. The molecular weight excluding hydrogens is 288 g/mol. The third kappa shape index (κ3) is 5.33. The number of likely N-dealkylation sites (tertiary alicyclic amines) is 1. The van der Waals surface area contributed by atoms with Gasteiger partial charge in [-0.3, -0.25) is 9.69 Å². The summed E-state index contributed by atoms with van der Waals surface area (Å²) in [5.74, 6) is 0.119. The highest BCUT2D eigenvalue weighted by Crippen LogP contribution is 2.19. The van der Waals surface area contributed by atoms with Gasteiger partial charge in [-0.2, -0.15) is 0 Å². The van der Waals surface area contributed by atoms with Crippen molar-refractivity contribution in [1.29, 1.82) is 0 Å². The quantitative estimate of drug-likeness (QED) is 0.812. The fourth-order valence-electron chi connectivity index (χ4n) is 3.15. The summed E-state index contributed by atoms with van der Waals surface area (Å²) >= 11 is 0. The van der Waals surface area contributed by atoms with Gasteiger partial charge in [-0.1, -0.05) is 44.2 Å². The lowest BCUT2D eigenvalue weighted by Gasteiger charge is -2.33. The summed E-state index contributed by atoms with van der Waals surface area (Å²) < 4.78 is 0. The highest BCUT2D eigenvalue weighted by atomic mass is 16.3. The molecule has 1 aliphatic heterocycles. The van der Waals surface area contributed by atoms with Crippen molar-refractivity contribution in [3.05, 3.63) is 35.9 Å². The van der Waals surface area contributed by atoms with Crippen molar-refractivity contribution in [2.75, 3.05) is 19.6 Å². The maximum Gasteiger partial charge on any atom is 0.224 e. The molecule has 23 heavy (non-hydrogen) atoms. The summed E-state index contributed by atoms with van der Waals surface area (Å²) in [6.07, 6.45) is 3.31. The van der Waals surface area contributed by atoms with Crippen molar-refractivity contribution >= 4 is 5.91 Å². The van der Waals surface area contributed by atoms with Crippen LogP contribution in [0.25, 0.3) is 0 Å². The lowest BCUT2D eigenvalue weighted by molar-refractivity contribution is -0.128. The highest BCUT2D eigenvalue weighted by molar-refractivity contribution is 5.79. The normalized spacial score (nSPS) is 19.5. The number of carbonyl (C=O) groups excluding carboxylic acids is 1. The van der Waals surface area contributed by atoms with E-state index in [9.17, 15) is 9.90 Å². The van der Waals surface area contributed by atoms with Crippen LogP contribution in [-0.4, -0.2) is 41.1 Å². The van der Waals surface area contributed by atoms with Crippen LogP contribution in [0.4, 0.5) is 0 Å². The molecule has 1 aromatic rings. The van der Waals surface area contributed by atoms with Crippen LogP contribution >= 0.6 is 0 Å². The maximum atomic E-state index is 12.4. The van der Waals surface area contributed by atoms with E-state index in [0.717, 1.165) is 32.5 Å². The average Bonchev–Trinajstić information content (AvgIpc) is 2.60. The van der Waals surface area contributed by atoms with Crippen LogP contribution in [0, 0.1) is 5.92 Å². The summed E-state index contributed by atoms with van der Waals surface area (Å²) in [4.78, 5) is 14.8. The molecule has 1 aromatic carbocycles. The molecule has 2 N–H and O–H groups in total. The van der Waals surface area contributed by atoms with Crippen molar-refractivity contribution in [1.82, 2.24) is 10.2 Å². The molecule has 0 aliphatic carbocycles. The first-order chi connectivity index (χ1) is 11.1. The topological polar surface area (TPSA) is 52.6 Å². The molecule has 0 aromatic heterocycles. The maximum absolute atomic E-state index is 12.4. The standard InChI is InChI=1S/C19H30N2O2/c1-3-19(23,4-2)15-20-18(22)17-11-8-12-21(14-17)13-16-9-6-5-7-10-16/h5-7,9-10,17,23H,3-4,8,11-15H2,1-2H3,(H,20,22). The van der Waals surface area contributed by atoms with Crippen molar-refractivity contribution in [2.24, 2.45) is 5.92 Å². The Morgan fingerprint density at radius 2 is 2.00 bits per heavy atom. The molecule has 0 bridgehead atoms. The van der Waals surface area contributed by atoms with E-state index in [1.54, 1.807) is 0 Å². The van der Waals surface area contributed by atoms with Crippen molar-refractivity contribution < 1.29 is 9.90 Å². The van der Waals surface area contributed by atoms with Gasteiger partial charge in [0.25, 0.3) is 0 Å². The van der Waals surface area contributed by atoms with E-state index in [1.165, 1.54) is 5.56 Å². The third-order valence-electron chi connectivity index (χ3n) is 5.03. The van der Waals surface area contributed by atoms with E-state index in [4.69, 9.17) is 0 Å². The SMILES string of the molecule is CCC(O)(CC)CNC(=O)C1CCCN(Cc2ccccc2)C1. The molecule has 1 amide bonds. The van der Waals surface area contributed by atoms with Gasteiger partial charge in [0.2, 0.25) is 5.91 Å². The predicted molar refractivity (Wildman–Crippen MR) is 93.0 cm³/mol. The van der Waals surface area contributed by atoms with Crippen LogP contribution in [0.2, 0.25) is 0 Å². The summed E-state index contributed by atoms with van der Waals surface area (Å²) in [5.41, 5.74) is 0.522. The molecule has 1 atom stereocenters. The molecule has 0 saturated carbocycles. The van der Waals surface area contributed by atoms with E-state index in [2.05, 4.69) is 34.5 Å². The Morgan fingerprint density at radius 3 is 2.65 bits per heavy atom. The zero-order valence-electron chi connectivity index (χ0n) is 14.4. The Morgan fingerprint density at radius 1 is 1.30 bits per heavy atom. The zero-order chi connectivity index (χ0) is 16.7. The van der Waals surface area contributed by atoms with Crippen molar-refractivity contribution in [3.63, 3.8) is 0 Å². The molecule has 1 fully saturated rings. The van der Waals surface area contributed by atoms with Gasteiger partial charge < -0.3 is 10.4 Å². The van der Waals surface area contributed by atoms with Crippen LogP contribution < -0.4 is 5.32 Å². The largest absolute Gasteiger partial charge is 0.388 e. The first-order valence-electron chi connectivity index (χ1n) is 8.82. The van der Waals surface area contributed by atoms with Crippen LogP contribution in [-0.2, 0) is 11.3 Å². The smallest absolute Gasteiger partial charge is 0.224 e. The molecule has 4 nitrogen and oxygen atoms in total. The van der Waals surface area contributed by atoms with E-state index >= 15 is 0 Å². The van der Waals surface area contributed by atoms with E-state index in [1.807, 2.05) is 19.9 Å². The second-order valence-electron chi connectivity index (χ2n) is 6.71. The van der Waals surface area contributed by atoms with Gasteiger partial charge in [-0.15, -0.1) is 0 Å². The molecule has 1 aliphatic rings. The highest BCUT2D eigenvalue weighted by Gasteiger charge is 2.28. The molecule has 1 heterocycles. The van der Waals surface area contributed by atoms with Gasteiger partial charge in [-0.25, -0.2) is 0 Å². The minimum atomic E-state index is -0.770. The summed E-state index contributed by atoms with van der Waals surface area (Å²) in [7, 11) is 0. The molecule has 4 heteroatoms. The Balaban J connectivity index is 1.84. The molecule has 2 rings (SSSR count). The van der Waals surface area contributed by atoms with E-state index in [0.29, 0.717) is 19.4 Å². The predicted octanol–water partition coefficient (Wildman–Crippen LogP) is 2.57. The molecule has 1 saturated heterocycles. The van der Waals surface area contributed by atoms with Crippen LogP contribution in [0.15, 0.2) is 30.3 Å². The number of nitrogens with one attached hydrogen (secondary N) is 1. The Labute approximate surface area is 139 Å². The fourth-order valence-corrected chi connectivity index (χ4v) is 3.15. The fraction of sp³-hybridized carbons (Fsp3) is 0.632. The average molecular weight is 318 g/mol. The number of hydrogen-bond donors (Lipinski definition) is 2. The number of carbonyl (C=O) groups is 1. The number of benzene rings is 1. The molecule has 0 spiro atoms. The van der Waals surface area contributed by atoms with Gasteiger partial charge in [0.15, 0.2) is 0 Å². The van der Waals surface area contributed by atoms with Gasteiger partial charge in [0.1, 0.15) is 0 Å². The summed E-state index contributed by atoms with van der Waals surface area (Å²) in [5, 5.41) is 13.3. The lowest BCUT2D eigenvalue weighted by atomic mass is 9.94. The second kappa shape index (κ2) is 8.46. The molecule has 0 radical (unpaired) electrons. The minimum Gasteiger partial charge on any atom is -0.388 e. The number of rotatable bonds is 7. The molecular formula is C19H30N2O2. The third-order valence-corrected chi connectivity index (χ3v) is 5.03. The zero-order valence-corrected chi connectivity index (χ0v) is 14.4. The Kier molecular flexibility index (Phi) is 6.60. The first kappa shape index (κ1) is 18.0. The van der Waals surface area contributed by atoms with Crippen LogP contribution in [0.5, 0.6) is 0 Å². The van der Waals surface area contributed by atoms with Crippen LogP contribution in [0.3, 0.4) is 0 Å². The number of amides is 1. The van der Waals surface area contributed by atoms with Gasteiger partial charge in [0.05, 0.1) is 11.5 Å². The second-order valence-corrected chi connectivity index (χ2v) is 6.71. The van der Waals surface area contributed by atoms with E-state index in [-0.39, 0.29) is 11.8 Å². The van der Waals surface area contributed by atoms with Crippen molar-refractivity contribution in [3.8, 4) is 0 Å². The van der Waals surface area contributed by atoms with Crippen LogP contribution in [0.1, 0.15) is 45.1 Å². The van der Waals surface area contributed by atoms with Gasteiger partial charge >= 0.3 is 0 Å². The monoisotopic (exact) mass is 318 g/mol. The number of piperidine rings is 1. The number of hydrogen-bond acceptors (Lipinski definition) is 3. The lowest BCUT2D eigenvalue weighted by Crippen LogP contribution is -2.47. The van der Waals surface area contributed by atoms with Gasteiger partial charge in [0, 0.05) is 19.6 Å². The summed E-state index contributed by atoms with van der Waals surface area (Å²) in [6, 6.07) is 10.4.